The predicted octanol–water partition coefficient (Wildman–Crippen LogP) is 3.29. The van der Waals surface area contributed by atoms with E-state index >= 15 is 0 Å². The van der Waals surface area contributed by atoms with Crippen LogP contribution in [0.2, 0.25) is 0 Å². The van der Waals surface area contributed by atoms with Gasteiger partial charge in [-0.25, -0.2) is 14.4 Å². The van der Waals surface area contributed by atoms with Gasteiger partial charge >= 0.3 is 0 Å². The lowest BCUT2D eigenvalue weighted by Gasteiger charge is -2.15. The maximum absolute atomic E-state index is 14.5. The summed E-state index contributed by atoms with van der Waals surface area (Å²) in [5.74, 6) is 1.97. The second-order valence-electron chi connectivity index (χ2n) is 6.84. The van der Waals surface area contributed by atoms with Gasteiger partial charge < -0.3 is 29.4 Å². The van der Waals surface area contributed by atoms with Gasteiger partial charge in [-0.1, -0.05) is 6.07 Å². The zero-order chi connectivity index (χ0) is 22.9. The Kier molecular flexibility index (Phi) is 7.91. The van der Waals surface area contributed by atoms with Crippen LogP contribution in [-0.4, -0.2) is 43.4 Å². The molecule has 0 bridgehead atoms. The molecule has 0 aliphatic carbocycles. The number of guanidine groups is 1. The van der Waals surface area contributed by atoms with Crippen LogP contribution in [0.5, 0.6) is 17.2 Å². The fourth-order valence-electron chi connectivity index (χ4n) is 3.20. The molecule has 32 heavy (non-hydrogen) atoms. The largest absolute Gasteiger partial charge is 0.493 e. The molecule has 3 rings (SSSR count). The number of imidazole rings is 1. The molecule has 1 aromatic heterocycles. The van der Waals surface area contributed by atoms with Gasteiger partial charge in [0.1, 0.15) is 5.82 Å². The van der Waals surface area contributed by atoms with Gasteiger partial charge in [-0.3, -0.25) is 0 Å². The van der Waals surface area contributed by atoms with E-state index in [0.717, 1.165) is 11.1 Å². The summed E-state index contributed by atoms with van der Waals surface area (Å²) < 4.78 is 32.3. The van der Waals surface area contributed by atoms with Gasteiger partial charge in [0.25, 0.3) is 0 Å². The molecule has 3 aromatic rings. The summed E-state index contributed by atoms with van der Waals surface area (Å²) in [6, 6.07) is 8.82. The normalized spacial score (nSPS) is 11.2. The summed E-state index contributed by atoms with van der Waals surface area (Å²) in [5.41, 5.74) is 2.14. The van der Waals surface area contributed by atoms with Crippen LogP contribution in [0.25, 0.3) is 5.69 Å². The van der Waals surface area contributed by atoms with Crippen LogP contribution in [0.3, 0.4) is 0 Å². The van der Waals surface area contributed by atoms with Gasteiger partial charge in [-0.2, -0.15) is 0 Å². The van der Waals surface area contributed by atoms with Crippen LogP contribution < -0.4 is 24.8 Å². The molecule has 170 valence electrons. The number of benzene rings is 2. The molecule has 0 amide bonds. The van der Waals surface area contributed by atoms with E-state index < -0.39 is 0 Å². The molecule has 0 atom stereocenters. The van der Waals surface area contributed by atoms with Crippen molar-refractivity contribution in [1.82, 2.24) is 20.2 Å². The molecule has 2 N–H and O–H groups in total. The molecular weight excluding hydrogens is 413 g/mol. The second-order valence-corrected chi connectivity index (χ2v) is 6.84. The summed E-state index contributed by atoms with van der Waals surface area (Å²) in [7, 11) is 4.72. The lowest BCUT2D eigenvalue weighted by molar-refractivity contribution is 0.324. The first-order valence-corrected chi connectivity index (χ1v) is 10.2. The molecule has 1 heterocycles. The third-order valence-corrected chi connectivity index (χ3v) is 4.74. The van der Waals surface area contributed by atoms with Crippen molar-refractivity contribution in [3.05, 3.63) is 66.0 Å². The minimum atomic E-state index is -0.318. The topological polar surface area (TPSA) is 81.9 Å². The van der Waals surface area contributed by atoms with E-state index in [2.05, 4.69) is 20.6 Å². The number of hydrogen-bond acceptors (Lipinski definition) is 5. The van der Waals surface area contributed by atoms with Crippen molar-refractivity contribution in [3.63, 3.8) is 0 Å². The minimum absolute atomic E-state index is 0.318. The zero-order valence-corrected chi connectivity index (χ0v) is 18.7. The van der Waals surface area contributed by atoms with Crippen LogP contribution in [-0.2, 0) is 13.1 Å². The van der Waals surface area contributed by atoms with Gasteiger partial charge in [0, 0.05) is 25.5 Å². The molecule has 8 nitrogen and oxygen atoms in total. The van der Waals surface area contributed by atoms with Crippen LogP contribution in [0, 0.1) is 5.82 Å². The van der Waals surface area contributed by atoms with E-state index in [1.165, 1.54) is 6.07 Å². The number of hydrogen-bond donors (Lipinski definition) is 2. The maximum atomic E-state index is 14.5. The molecule has 0 fully saturated rings. The van der Waals surface area contributed by atoms with Crippen molar-refractivity contribution in [3.8, 4) is 22.9 Å². The molecular formula is C23H28FN5O3. The fraction of sp³-hybridized carbons (Fsp3) is 0.304. The molecule has 2 aromatic carbocycles. The van der Waals surface area contributed by atoms with Crippen molar-refractivity contribution in [1.29, 1.82) is 0 Å². The first kappa shape index (κ1) is 22.9. The Morgan fingerprint density at radius 2 is 1.78 bits per heavy atom. The third-order valence-electron chi connectivity index (χ3n) is 4.74. The molecule has 0 saturated carbocycles. The molecule has 0 radical (unpaired) electrons. The Labute approximate surface area is 187 Å². The van der Waals surface area contributed by atoms with Gasteiger partial charge in [0.05, 0.1) is 39.9 Å². The highest BCUT2D eigenvalue weighted by molar-refractivity contribution is 5.79. The lowest BCUT2D eigenvalue weighted by atomic mass is 10.2. The average Bonchev–Trinajstić information content (AvgIpc) is 3.34. The first-order valence-electron chi connectivity index (χ1n) is 10.2. The van der Waals surface area contributed by atoms with Crippen LogP contribution >= 0.6 is 0 Å². The number of aliphatic imine (C=N–C) groups is 1. The first-order chi connectivity index (χ1) is 15.6. The summed E-state index contributed by atoms with van der Waals surface area (Å²) >= 11 is 0. The molecule has 0 spiro atoms. The Hall–Kier alpha value is -3.75. The van der Waals surface area contributed by atoms with Crippen LogP contribution in [0.4, 0.5) is 4.39 Å². The molecule has 0 aliphatic rings. The second kappa shape index (κ2) is 11.0. The highest BCUT2D eigenvalue weighted by atomic mass is 19.1. The molecule has 0 unspecified atom stereocenters. The molecule has 9 heteroatoms. The number of methoxy groups -OCH3 is 3. The van der Waals surface area contributed by atoms with Crippen molar-refractivity contribution < 1.29 is 18.6 Å². The Bertz CT molecular complexity index is 1030. The van der Waals surface area contributed by atoms with Gasteiger partial charge in [0.15, 0.2) is 17.5 Å². The maximum Gasteiger partial charge on any atom is 0.203 e. The quantitative estimate of drug-likeness (QED) is 0.392. The van der Waals surface area contributed by atoms with E-state index in [1.807, 2.05) is 25.1 Å². The van der Waals surface area contributed by atoms with Crippen LogP contribution in [0.1, 0.15) is 18.1 Å². The molecule has 0 aliphatic heterocycles. The summed E-state index contributed by atoms with van der Waals surface area (Å²) in [6.07, 6.45) is 4.88. The zero-order valence-electron chi connectivity index (χ0n) is 18.7. The van der Waals surface area contributed by atoms with Gasteiger partial charge in [-0.05, 0) is 42.3 Å². The fourth-order valence-corrected chi connectivity index (χ4v) is 3.20. The third kappa shape index (κ3) is 5.48. The van der Waals surface area contributed by atoms with Gasteiger partial charge in [0.2, 0.25) is 5.75 Å². The van der Waals surface area contributed by atoms with E-state index in [4.69, 9.17) is 14.2 Å². The number of nitrogens with zero attached hydrogens (tertiary/aromatic N) is 3. The van der Waals surface area contributed by atoms with E-state index in [1.54, 1.807) is 50.7 Å². The minimum Gasteiger partial charge on any atom is -0.493 e. The van der Waals surface area contributed by atoms with Crippen LogP contribution in [0.15, 0.2) is 54.0 Å². The monoisotopic (exact) mass is 441 g/mol. The van der Waals surface area contributed by atoms with E-state index in [9.17, 15) is 4.39 Å². The summed E-state index contributed by atoms with van der Waals surface area (Å²) in [4.78, 5) is 8.58. The van der Waals surface area contributed by atoms with Crippen molar-refractivity contribution in [2.45, 2.75) is 20.0 Å². The standard InChI is InChI=1S/C23H28FN5O3/c1-5-26-23(28-14-17-11-20(30-2)22(32-4)21(12-17)31-3)27-13-16-6-7-19(18(24)10-16)29-9-8-25-15-29/h6-12,15H,5,13-14H2,1-4H3,(H2,26,27,28). The van der Waals surface area contributed by atoms with Crippen molar-refractivity contribution in [2.24, 2.45) is 4.99 Å². The highest BCUT2D eigenvalue weighted by Crippen LogP contribution is 2.38. The smallest absolute Gasteiger partial charge is 0.203 e. The van der Waals surface area contributed by atoms with Crippen molar-refractivity contribution in [2.75, 3.05) is 27.9 Å². The SMILES string of the molecule is CCNC(=NCc1cc(OC)c(OC)c(OC)c1)NCc1ccc(-n2ccnc2)c(F)c1. The van der Waals surface area contributed by atoms with Crippen molar-refractivity contribution >= 4 is 5.96 Å². The number of halogens is 1. The average molecular weight is 442 g/mol. The Balaban J connectivity index is 1.71. The number of aromatic nitrogens is 2. The Morgan fingerprint density at radius 1 is 1.03 bits per heavy atom. The number of nitrogens with one attached hydrogen (secondary N) is 2. The molecule has 0 saturated heterocycles. The lowest BCUT2D eigenvalue weighted by Crippen LogP contribution is -2.36. The number of ether oxygens (including phenoxy) is 3. The van der Waals surface area contributed by atoms with Gasteiger partial charge in [-0.15, -0.1) is 0 Å². The Morgan fingerprint density at radius 3 is 2.34 bits per heavy atom. The van der Waals surface area contributed by atoms with E-state index in [-0.39, 0.29) is 5.82 Å². The summed E-state index contributed by atoms with van der Waals surface area (Å²) in [6.45, 7) is 3.48. The van der Waals surface area contributed by atoms with E-state index in [0.29, 0.717) is 48.5 Å². The highest BCUT2D eigenvalue weighted by Gasteiger charge is 2.13. The summed E-state index contributed by atoms with van der Waals surface area (Å²) in [5, 5.41) is 6.43. The number of rotatable bonds is 9. The predicted molar refractivity (Wildman–Crippen MR) is 121 cm³/mol.